The van der Waals surface area contributed by atoms with E-state index in [1.165, 1.54) is 19.4 Å². The molecule has 1 aromatic rings. The van der Waals surface area contributed by atoms with Crippen LogP contribution in [0.4, 0.5) is 0 Å². The van der Waals surface area contributed by atoms with E-state index >= 15 is 0 Å². The SMILES string of the molecule is COC(=O)CCC(=O)CNC(=O)CCCCn1cc(O)c(=O)cc1CO. The standard InChI is InChI=1S/C17H24N2O7/c1-26-17(25)6-5-13(21)9-18-16(24)4-2-3-7-19-10-15(23)14(22)8-12(19)11-20/h8,10,20,23H,2-7,9,11H2,1H3,(H,18,24). The van der Waals surface area contributed by atoms with Crippen LogP contribution in [0.3, 0.4) is 0 Å². The van der Waals surface area contributed by atoms with E-state index in [4.69, 9.17) is 0 Å². The summed E-state index contributed by atoms with van der Waals surface area (Å²) in [4.78, 5) is 45.4. The number of carbonyl (C=O) groups is 3. The van der Waals surface area contributed by atoms with Gasteiger partial charge in [-0.2, -0.15) is 0 Å². The molecule has 3 N–H and O–H groups in total. The summed E-state index contributed by atoms with van der Waals surface area (Å²) in [6.07, 6.45) is 2.59. The Morgan fingerprint density at radius 2 is 1.92 bits per heavy atom. The third kappa shape index (κ3) is 7.47. The molecule has 1 amide bonds. The molecule has 0 saturated heterocycles. The first-order valence-corrected chi connectivity index (χ1v) is 8.25. The highest BCUT2D eigenvalue weighted by Gasteiger charge is 2.09. The molecular weight excluding hydrogens is 344 g/mol. The summed E-state index contributed by atoms with van der Waals surface area (Å²) in [7, 11) is 1.24. The molecule has 0 bridgehead atoms. The van der Waals surface area contributed by atoms with Gasteiger partial charge in [0.2, 0.25) is 11.3 Å². The lowest BCUT2D eigenvalue weighted by Gasteiger charge is -2.12. The molecule has 0 aromatic carbocycles. The molecular formula is C17H24N2O7. The third-order valence-corrected chi connectivity index (χ3v) is 3.73. The Hall–Kier alpha value is -2.68. The number of hydrogen-bond acceptors (Lipinski definition) is 7. The summed E-state index contributed by atoms with van der Waals surface area (Å²) in [6, 6.07) is 1.17. The smallest absolute Gasteiger partial charge is 0.305 e. The number of nitrogens with zero attached hydrogens (tertiary/aromatic N) is 1. The van der Waals surface area contributed by atoms with Crippen molar-refractivity contribution in [1.29, 1.82) is 0 Å². The molecule has 9 nitrogen and oxygen atoms in total. The number of aliphatic hydroxyl groups is 1. The van der Waals surface area contributed by atoms with Gasteiger partial charge in [-0.25, -0.2) is 0 Å². The van der Waals surface area contributed by atoms with E-state index in [0.717, 1.165) is 0 Å². The van der Waals surface area contributed by atoms with Crippen molar-refractivity contribution in [3.05, 3.63) is 28.2 Å². The van der Waals surface area contributed by atoms with Crippen molar-refractivity contribution < 1.29 is 29.3 Å². The number of rotatable bonds is 11. The van der Waals surface area contributed by atoms with E-state index in [-0.39, 0.29) is 44.1 Å². The van der Waals surface area contributed by atoms with Crippen LogP contribution in [0.5, 0.6) is 5.75 Å². The minimum atomic E-state index is -0.554. The Morgan fingerprint density at radius 3 is 2.58 bits per heavy atom. The fourth-order valence-corrected chi connectivity index (χ4v) is 2.23. The largest absolute Gasteiger partial charge is 0.503 e. The zero-order chi connectivity index (χ0) is 19.5. The Kier molecular flexibility index (Phi) is 9.07. The highest BCUT2D eigenvalue weighted by Crippen LogP contribution is 2.08. The number of nitrogens with one attached hydrogen (secondary N) is 1. The van der Waals surface area contributed by atoms with Crippen LogP contribution in [0, 0.1) is 0 Å². The van der Waals surface area contributed by atoms with Crippen molar-refractivity contribution >= 4 is 17.7 Å². The molecule has 0 atom stereocenters. The van der Waals surface area contributed by atoms with Gasteiger partial charge in [0.25, 0.3) is 0 Å². The third-order valence-electron chi connectivity index (χ3n) is 3.73. The van der Waals surface area contributed by atoms with Gasteiger partial charge in [0.1, 0.15) is 0 Å². The van der Waals surface area contributed by atoms with Crippen LogP contribution in [-0.2, 0) is 32.3 Å². The predicted octanol–water partition coefficient (Wildman–Crippen LogP) is -0.145. The number of esters is 1. The minimum absolute atomic E-state index is 0.00931. The van der Waals surface area contributed by atoms with Gasteiger partial charge in [0.05, 0.1) is 32.9 Å². The first kappa shape index (κ1) is 21.4. The van der Waals surface area contributed by atoms with E-state index in [1.54, 1.807) is 4.57 Å². The topological polar surface area (TPSA) is 135 Å². The summed E-state index contributed by atoms with van der Waals surface area (Å²) in [5.74, 6) is -1.40. The molecule has 0 aliphatic heterocycles. The van der Waals surface area contributed by atoms with Gasteiger partial charge in [-0.15, -0.1) is 0 Å². The number of aryl methyl sites for hydroxylation is 1. The van der Waals surface area contributed by atoms with Crippen molar-refractivity contribution in [2.45, 2.75) is 45.3 Å². The summed E-state index contributed by atoms with van der Waals surface area (Å²) >= 11 is 0. The first-order valence-electron chi connectivity index (χ1n) is 8.25. The maximum Gasteiger partial charge on any atom is 0.305 e. The van der Waals surface area contributed by atoms with Crippen molar-refractivity contribution in [1.82, 2.24) is 9.88 Å². The Balaban J connectivity index is 2.28. The van der Waals surface area contributed by atoms with Gasteiger partial charge in [0, 0.05) is 31.1 Å². The zero-order valence-electron chi connectivity index (χ0n) is 14.7. The summed E-state index contributed by atoms with van der Waals surface area (Å²) in [5.41, 5.74) is -0.171. The molecule has 0 radical (unpaired) electrons. The maximum absolute atomic E-state index is 11.7. The van der Waals surface area contributed by atoms with E-state index in [9.17, 15) is 29.4 Å². The number of amides is 1. The first-order chi connectivity index (χ1) is 12.4. The van der Waals surface area contributed by atoms with Crippen LogP contribution >= 0.6 is 0 Å². The summed E-state index contributed by atoms with van der Waals surface area (Å²) in [5, 5.41) is 21.2. The van der Waals surface area contributed by atoms with Crippen LogP contribution in [0.1, 0.15) is 37.8 Å². The van der Waals surface area contributed by atoms with Gasteiger partial charge in [0.15, 0.2) is 11.5 Å². The number of ketones is 1. The van der Waals surface area contributed by atoms with Gasteiger partial charge in [-0.05, 0) is 12.8 Å². The monoisotopic (exact) mass is 368 g/mol. The molecule has 0 fully saturated rings. The zero-order valence-corrected chi connectivity index (χ0v) is 14.7. The number of unbranched alkanes of at least 4 members (excludes halogenated alkanes) is 1. The Bertz CT molecular complexity index is 697. The molecule has 144 valence electrons. The number of methoxy groups -OCH3 is 1. The van der Waals surface area contributed by atoms with Crippen LogP contribution in [0.25, 0.3) is 0 Å². The molecule has 0 unspecified atom stereocenters. The maximum atomic E-state index is 11.7. The number of carbonyl (C=O) groups excluding carboxylic acids is 3. The Labute approximate surface area is 150 Å². The van der Waals surface area contributed by atoms with Crippen molar-refractivity contribution in [3.8, 4) is 5.75 Å². The lowest BCUT2D eigenvalue weighted by Crippen LogP contribution is -2.29. The molecule has 1 rings (SSSR count). The minimum Gasteiger partial charge on any atom is -0.503 e. The fourth-order valence-electron chi connectivity index (χ4n) is 2.23. The molecule has 9 heteroatoms. The Morgan fingerprint density at radius 1 is 1.19 bits per heavy atom. The number of pyridine rings is 1. The van der Waals surface area contributed by atoms with Gasteiger partial charge in [-0.3, -0.25) is 19.2 Å². The van der Waals surface area contributed by atoms with Crippen molar-refractivity contribution in [2.75, 3.05) is 13.7 Å². The highest BCUT2D eigenvalue weighted by atomic mass is 16.5. The molecule has 0 aliphatic rings. The second-order valence-corrected chi connectivity index (χ2v) is 5.71. The lowest BCUT2D eigenvalue weighted by atomic mass is 10.2. The molecule has 0 spiro atoms. The van der Waals surface area contributed by atoms with Gasteiger partial charge >= 0.3 is 5.97 Å². The number of aromatic nitrogens is 1. The second-order valence-electron chi connectivity index (χ2n) is 5.71. The van der Waals surface area contributed by atoms with Crippen molar-refractivity contribution in [2.24, 2.45) is 0 Å². The van der Waals surface area contributed by atoms with E-state index in [1.807, 2.05) is 0 Å². The number of Topliss-reactive ketones (excluding diaryl/α,β-unsaturated/α-hetero) is 1. The molecule has 0 saturated carbocycles. The average Bonchev–Trinajstić information content (AvgIpc) is 2.63. The van der Waals surface area contributed by atoms with E-state index < -0.39 is 17.1 Å². The van der Waals surface area contributed by atoms with Crippen LogP contribution in [0.15, 0.2) is 17.1 Å². The number of ether oxygens (including phenoxy) is 1. The van der Waals surface area contributed by atoms with E-state index in [2.05, 4.69) is 10.1 Å². The number of aromatic hydroxyl groups is 1. The molecule has 0 aliphatic carbocycles. The van der Waals surface area contributed by atoms with Crippen molar-refractivity contribution in [3.63, 3.8) is 0 Å². The summed E-state index contributed by atoms with van der Waals surface area (Å²) < 4.78 is 5.99. The fraction of sp³-hybridized carbons (Fsp3) is 0.529. The normalized spacial score (nSPS) is 10.4. The van der Waals surface area contributed by atoms with Crippen LogP contribution in [-0.4, -0.2) is 46.1 Å². The van der Waals surface area contributed by atoms with E-state index in [0.29, 0.717) is 25.1 Å². The molecule has 26 heavy (non-hydrogen) atoms. The molecule has 1 aromatic heterocycles. The molecule has 1 heterocycles. The van der Waals surface area contributed by atoms with Crippen LogP contribution in [0.2, 0.25) is 0 Å². The lowest BCUT2D eigenvalue weighted by molar-refractivity contribution is -0.141. The quantitative estimate of drug-likeness (QED) is 0.365. The average molecular weight is 368 g/mol. The summed E-state index contributed by atoms with van der Waals surface area (Å²) in [6.45, 7) is -0.0309. The van der Waals surface area contributed by atoms with Gasteiger partial charge < -0.3 is 24.8 Å². The second kappa shape index (κ2) is 11.0. The number of aliphatic hydroxyl groups excluding tert-OH is 1. The van der Waals surface area contributed by atoms with Gasteiger partial charge in [-0.1, -0.05) is 0 Å². The number of hydrogen-bond donors (Lipinski definition) is 3. The highest BCUT2D eigenvalue weighted by molar-refractivity contribution is 5.88. The predicted molar refractivity (Wildman–Crippen MR) is 91.4 cm³/mol. The van der Waals surface area contributed by atoms with Crippen LogP contribution < -0.4 is 10.7 Å².